The van der Waals surface area contributed by atoms with E-state index in [0.29, 0.717) is 22.0 Å². The Balaban J connectivity index is 1.51. The molecule has 2 heterocycles. The van der Waals surface area contributed by atoms with Crippen LogP contribution in [0.15, 0.2) is 47.4 Å². The van der Waals surface area contributed by atoms with Crippen molar-refractivity contribution in [3.05, 3.63) is 48.0 Å². The minimum atomic E-state index is -3.50. The van der Waals surface area contributed by atoms with E-state index in [0.717, 1.165) is 31.3 Å². The van der Waals surface area contributed by atoms with Crippen LogP contribution in [0.1, 0.15) is 25.3 Å². The Bertz CT molecular complexity index is 1080. The monoisotopic (exact) mass is 471 g/mol. The smallest absolute Gasteiger partial charge is 0.208 e. The molecule has 1 fully saturated rings. The maximum absolute atomic E-state index is 14.9. The highest BCUT2D eigenvalue weighted by Crippen LogP contribution is 2.55. The lowest BCUT2D eigenvalue weighted by Crippen LogP contribution is -2.46. The van der Waals surface area contributed by atoms with E-state index in [1.165, 1.54) is 19.1 Å². The van der Waals surface area contributed by atoms with Crippen molar-refractivity contribution < 1.29 is 26.7 Å². The number of nitrogens with one attached hydrogen (secondary N) is 2. The van der Waals surface area contributed by atoms with Crippen LogP contribution in [0.5, 0.6) is 11.5 Å². The highest BCUT2D eigenvalue weighted by molar-refractivity contribution is 8.22. The van der Waals surface area contributed by atoms with E-state index in [4.69, 9.17) is 4.74 Å². The summed E-state index contributed by atoms with van der Waals surface area (Å²) in [5.41, 5.74) is -0.794. The van der Waals surface area contributed by atoms with Gasteiger partial charge in [-0.2, -0.15) is 4.72 Å². The third-order valence-corrected chi connectivity index (χ3v) is 7.67. The van der Waals surface area contributed by atoms with Crippen molar-refractivity contribution in [2.75, 3.05) is 24.2 Å². The van der Waals surface area contributed by atoms with Gasteiger partial charge in [-0.1, -0.05) is 12.1 Å². The normalized spacial score (nSPS) is 22.9. The Morgan fingerprint density at radius 2 is 1.94 bits per heavy atom. The molecule has 2 aliphatic rings. The Morgan fingerprint density at radius 1 is 1.26 bits per heavy atom. The molecule has 4 N–H and O–H groups in total. The molecule has 11 heteroatoms. The minimum absolute atomic E-state index is 0.0796. The molecule has 0 amide bonds. The number of hydrogen-bond acceptors (Lipinski definition) is 7. The van der Waals surface area contributed by atoms with Crippen LogP contribution in [0.2, 0.25) is 0 Å². The maximum atomic E-state index is 14.9. The van der Waals surface area contributed by atoms with Gasteiger partial charge in [-0.25, -0.2) is 17.5 Å². The lowest BCUT2D eigenvalue weighted by atomic mass is 9.98. The predicted molar refractivity (Wildman–Crippen MR) is 119 cm³/mol. The molecule has 0 aromatic heterocycles. The van der Waals surface area contributed by atoms with Gasteiger partial charge >= 0.3 is 0 Å². The fraction of sp³-hybridized carbons (Fsp3) is 0.400. The number of ether oxygens (including phenoxy) is 1. The van der Waals surface area contributed by atoms with Crippen LogP contribution < -0.4 is 19.1 Å². The highest BCUT2D eigenvalue weighted by atomic mass is 32.3. The number of halogens is 1. The number of hydrogen-bond donors (Lipinski definition) is 4. The Hall–Kier alpha value is -1.89. The molecule has 0 aliphatic carbocycles. The lowest BCUT2D eigenvalue weighted by molar-refractivity contribution is 0.196. The lowest BCUT2D eigenvalue weighted by Gasteiger charge is -2.46. The second-order valence-corrected chi connectivity index (χ2v) is 11.7. The summed E-state index contributed by atoms with van der Waals surface area (Å²) < 4.78 is 69.4. The van der Waals surface area contributed by atoms with Crippen LogP contribution in [-0.2, 0) is 15.7 Å². The summed E-state index contributed by atoms with van der Waals surface area (Å²) in [5.74, 6) is 0.863. The van der Waals surface area contributed by atoms with Crippen molar-refractivity contribution in [2.24, 2.45) is 0 Å². The first-order valence-corrected chi connectivity index (χ1v) is 13.3. The average Bonchev–Trinajstić information content (AvgIpc) is 3.14. The van der Waals surface area contributed by atoms with Crippen molar-refractivity contribution in [1.82, 2.24) is 9.44 Å². The van der Waals surface area contributed by atoms with Crippen LogP contribution in [-0.4, -0.2) is 43.0 Å². The molecule has 2 aromatic rings. The SMILES string of the molecule is CC(F)(CNS(C)(=O)=O)c1ccc(Oc2ccc3c(c2)S(O)(O)NC2CCCN32)cc1. The number of anilines is 1. The highest BCUT2D eigenvalue weighted by Gasteiger charge is 2.38. The molecule has 0 saturated carbocycles. The van der Waals surface area contributed by atoms with Crippen molar-refractivity contribution >= 4 is 26.5 Å². The molecule has 170 valence electrons. The second-order valence-electron chi connectivity index (χ2n) is 8.06. The summed E-state index contributed by atoms with van der Waals surface area (Å²) in [6, 6.07) is 11.4. The van der Waals surface area contributed by atoms with Crippen molar-refractivity contribution in [3.8, 4) is 11.5 Å². The molecule has 1 saturated heterocycles. The molecule has 0 spiro atoms. The van der Waals surface area contributed by atoms with Crippen molar-refractivity contribution in [3.63, 3.8) is 0 Å². The molecule has 0 radical (unpaired) electrons. The molecule has 4 rings (SSSR count). The Kier molecular flexibility index (Phi) is 5.69. The first kappa shape index (κ1) is 22.3. The average molecular weight is 472 g/mol. The molecular formula is C20H26FN3O5S2. The van der Waals surface area contributed by atoms with E-state index in [1.807, 2.05) is 6.07 Å². The summed E-state index contributed by atoms with van der Waals surface area (Å²) in [7, 11) is -6.63. The second kappa shape index (κ2) is 7.91. The van der Waals surface area contributed by atoms with Crippen LogP contribution in [0.4, 0.5) is 10.1 Å². The fourth-order valence-corrected chi connectivity index (χ4v) is 5.87. The van der Waals surface area contributed by atoms with Crippen LogP contribution in [0.25, 0.3) is 0 Å². The molecule has 2 unspecified atom stereocenters. The fourth-order valence-electron chi connectivity index (χ4n) is 3.83. The third-order valence-electron chi connectivity index (χ3n) is 5.46. The van der Waals surface area contributed by atoms with E-state index in [-0.39, 0.29) is 12.7 Å². The quantitative estimate of drug-likeness (QED) is 0.508. The molecule has 31 heavy (non-hydrogen) atoms. The number of rotatable bonds is 6. The number of benzene rings is 2. The zero-order valence-electron chi connectivity index (χ0n) is 17.2. The summed E-state index contributed by atoms with van der Waals surface area (Å²) in [4.78, 5) is 2.51. The molecule has 0 bridgehead atoms. The van der Waals surface area contributed by atoms with E-state index < -0.39 is 26.5 Å². The Morgan fingerprint density at radius 3 is 2.61 bits per heavy atom. The number of fused-ring (bicyclic) bond motifs is 3. The van der Waals surface area contributed by atoms with Gasteiger partial charge in [0, 0.05) is 19.2 Å². The van der Waals surface area contributed by atoms with E-state index in [2.05, 4.69) is 14.3 Å². The van der Waals surface area contributed by atoms with Gasteiger partial charge in [0.15, 0.2) is 0 Å². The van der Waals surface area contributed by atoms with E-state index in [1.54, 1.807) is 24.3 Å². The number of sulfonamides is 1. The van der Waals surface area contributed by atoms with Gasteiger partial charge in [-0.05, 0) is 49.6 Å². The standard InChI is InChI=1S/C20H26FN3O5S2/c1-20(21,13-22-30(2,25)26)14-5-7-15(8-6-14)29-16-9-10-17-18(12-16)31(27,28)23-19-4-3-11-24(17)19/h5-10,12,19,22-23,27-28H,3-4,11,13H2,1-2H3. The number of nitrogens with zero attached hydrogens (tertiary/aromatic N) is 1. The first-order chi connectivity index (χ1) is 14.4. The molecule has 8 nitrogen and oxygen atoms in total. The van der Waals surface area contributed by atoms with Gasteiger partial charge < -0.3 is 9.64 Å². The zero-order valence-corrected chi connectivity index (χ0v) is 18.8. The topological polar surface area (TPSA) is 111 Å². The summed E-state index contributed by atoms with van der Waals surface area (Å²) in [5, 5.41) is 0. The van der Waals surface area contributed by atoms with Gasteiger partial charge in [0.1, 0.15) is 22.1 Å². The minimum Gasteiger partial charge on any atom is -0.457 e. The first-order valence-electron chi connectivity index (χ1n) is 9.83. The van der Waals surface area contributed by atoms with Crippen molar-refractivity contribution in [2.45, 2.75) is 36.5 Å². The molecule has 2 atom stereocenters. The maximum Gasteiger partial charge on any atom is 0.208 e. The molecule has 2 aromatic carbocycles. The Labute approximate surface area is 182 Å². The van der Waals surface area contributed by atoms with E-state index >= 15 is 0 Å². The van der Waals surface area contributed by atoms with Crippen LogP contribution >= 0.6 is 10.8 Å². The number of alkyl halides is 1. The summed E-state index contributed by atoms with van der Waals surface area (Å²) in [6.07, 6.45) is 2.73. The van der Waals surface area contributed by atoms with Gasteiger partial charge in [0.05, 0.1) is 18.1 Å². The summed E-state index contributed by atoms with van der Waals surface area (Å²) in [6.45, 7) is 1.77. The molecular weight excluding hydrogens is 445 g/mol. The van der Waals surface area contributed by atoms with Gasteiger partial charge in [-0.3, -0.25) is 9.11 Å². The summed E-state index contributed by atoms with van der Waals surface area (Å²) >= 11 is 0. The molecule has 2 aliphatic heterocycles. The largest absolute Gasteiger partial charge is 0.457 e. The van der Waals surface area contributed by atoms with Crippen LogP contribution in [0, 0.1) is 0 Å². The zero-order chi connectivity index (χ0) is 22.4. The van der Waals surface area contributed by atoms with Gasteiger partial charge in [0.25, 0.3) is 0 Å². The van der Waals surface area contributed by atoms with Crippen LogP contribution in [0.3, 0.4) is 0 Å². The van der Waals surface area contributed by atoms with Crippen molar-refractivity contribution in [1.29, 1.82) is 0 Å². The van der Waals surface area contributed by atoms with Gasteiger partial charge in [0.2, 0.25) is 10.0 Å². The van der Waals surface area contributed by atoms with Gasteiger partial charge in [-0.15, -0.1) is 10.8 Å². The van der Waals surface area contributed by atoms with E-state index in [9.17, 15) is 21.9 Å². The predicted octanol–water partition coefficient (Wildman–Crippen LogP) is 3.77. The third kappa shape index (κ3) is 4.81.